The Balaban J connectivity index is 0.000000182. The maximum atomic E-state index is 12.1. The van der Waals surface area contributed by atoms with Crippen molar-refractivity contribution in [2.75, 3.05) is 52.5 Å². The molecule has 15 rings (SSSR count). The Kier molecular flexibility index (Phi) is 34.2. The van der Waals surface area contributed by atoms with Crippen LogP contribution < -0.4 is 0 Å². The second kappa shape index (κ2) is 41.9. The molecule has 0 atom stereocenters. The van der Waals surface area contributed by atoms with E-state index in [0.717, 1.165) is 61.2 Å². The number of aliphatic hydroxyl groups excluding tert-OH is 1. The number of carbonyl (C=O) groups is 8. The Morgan fingerprint density at radius 3 is 1.01 bits per heavy atom. The first-order valence-electron chi connectivity index (χ1n) is 40.8. The number of nitrogens with zero attached hydrogens (tertiary/aromatic N) is 8. The number of ether oxygens (including phenoxy) is 11. The molecule has 0 radical (unpaired) electrons. The second-order valence-electron chi connectivity index (χ2n) is 36.0. The van der Waals surface area contributed by atoms with E-state index < -0.39 is 73.1 Å². The minimum absolute atomic E-state index is 0.0987. The van der Waals surface area contributed by atoms with Crippen molar-refractivity contribution in [3.05, 3.63) is 143 Å². The number of esters is 2. The quantitative estimate of drug-likeness (QED) is 0.0419. The lowest BCUT2D eigenvalue weighted by Crippen LogP contribution is -2.47. The third-order valence-electron chi connectivity index (χ3n) is 20.4. The predicted molar refractivity (Wildman–Crippen MR) is 454 cm³/mol. The number of Topliss-reactive ketones (excluding diaryl/α,β-unsaturated/α-hetero) is 1. The Morgan fingerprint density at radius 2 is 0.685 bits per heavy atom. The number of fused-ring (bicyclic) bond motifs is 8. The monoisotopic (exact) mass is 1850 g/mol. The number of pyridine rings is 5. The van der Waals surface area contributed by atoms with Gasteiger partial charge < -0.3 is 77.0 Å². The van der Waals surface area contributed by atoms with Crippen molar-refractivity contribution in [2.45, 2.75) is 282 Å². The minimum Gasteiger partial charge on any atom is -0.449 e. The molecule has 39 heteroatoms. The molecule has 684 valence electrons. The van der Waals surface area contributed by atoms with Crippen LogP contribution in [0.4, 0.5) is 24.0 Å². The third kappa shape index (κ3) is 29.6. The molecular formula is C85H113Cl5N8O25S. The molecule has 33 nitrogen and oxygen atoms in total. The van der Waals surface area contributed by atoms with Crippen LogP contribution >= 0.6 is 58.0 Å². The van der Waals surface area contributed by atoms with Gasteiger partial charge in [0.2, 0.25) is 0 Å². The van der Waals surface area contributed by atoms with Crippen molar-refractivity contribution in [2.24, 2.45) is 0 Å². The Hall–Kier alpha value is -7.97. The summed E-state index contributed by atoms with van der Waals surface area (Å²) in [6, 6.07) is 17.5. The van der Waals surface area contributed by atoms with Crippen molar-refractivity contribution < 1.29 is 118 Å². The van der Waals surface area contributed by atoms with Crippen molar-refractivity contribution >= 4 is 117 Å². The smallest absolute Gasteiger partial charge is 0.449 e. The van der Waals surface area contributed by atoms with Crippen molar-refractivity contribution in [1.29, 1.82) is 0 Å². The van der Waals surface area contributed by atoms with Crippen LogP contribution in [0.2, 0.25) is 25.8 Å². The molecular weight excluding hydrogens is 1740 g/mol. The second-order valence-corrected chi connectivity index (χ2v) is 38.9. The van der Waals surface area contributed by atoms with Crippen LogP contribution in [0.25, 0.3) is 0 Å². The molecule has 124 heavy (non-hydrogen) atoms. The van der Waals surface area contributed by atoms with Gasteiger partial charge in [-0.15, -0.1) is 0 Å². The van der Waals surface area contributed by atoms with E-state index in [4.69, 9.17) is 118 Å². The Bertz CT molecular complexity index is 4700. The summed E-state index contributed by atoms with van der Waals surface area (Å²) >= 11 is 29.8. The highest BCUT2D eigenvalue weighted by Gasteiger charge is 2.52. The van der Waals surface area contributed by atoms with Gasteiger partial charge >= 0.3 is 52.9 Å². The zero-order chi connectivity index (χ0) is 92.0. The van der Waals surface area contributed by atoms with Gasteiger partial charge in [0.05, 0.1) is 48.0 Å². The predicted octanol–water partition coefficient (Wildman–Crippen LogP) is 17.4. The summed E-state index contributed by atoms with van der Waals surface area (Å²) in [5.74, 6) is -0.416. The first kappa shape index (κ1) is 101. The molecule has 5 aromatic heterocycles. The van der Waals surface area contributed by atoms with Gasteiger partial charge in [-0.3, -0.25) is 13.9 Å². The number of aromatic nitrogens is 5. The molecule has 4 spiro atoms. The average molecular weight is 1860 g/mol. The standard InChI is InChI=1S/C16H19ClN2O4.C16H23ClN2O4.C16H21ClN2O3.C12H12ClNO2.C12H14ClNO.C10H18O5.C3H4O2.H2O4S/c1-15(2,3)23-14(21)19-8-6-16(7-9-19)12-10(13(20)22-16)4-5-11(17)18-12;1-15(2,3)23-14(21)19-8-6-16(22,7-9-19)13-11(10-20)4-5-12(17)18-13;1-15(2,3)22-14(20)19-8-6-16(7-9-19)13-11(10-21-16)4-5-12(17)18-13;13-9-5-4-8-10(14-9)12(16-11(8)15)6-2-1-3-7-12;13-10-5-4-9-8-15-12(11(9)14-10)6-2-1-3-7-12;1-9(2,3)14-7(11)13-8(12)15-10(4,5)6;4-3-1-5-2-3;1-5(2,3)4/h4-5H,6-9H2,1-3H3;4-5,20,22H,6-10H2,1-3H3;4-5H,6-10H2,1-3H3;4-5H,1-3,6-7H2;4-5H,1-3,6-8H2;1-6H3;1-2H2;(H2,1,2,3,4). The maximum absolute atomic E-state index is 12.1. The summed E-state index contributed by atoms with van der Waals surface area (Å²) in [5.41, 5.74) is 1.75. The van der Waals surface area contributed by atoms with Gasteiger partial charge in [-0.2, -0.15) is 8.42 Å². The molecule has 4 N–H and O–H groups in total. The molecule has 0 unspecified atom stereocenters. The fraction of sp³-hybridized carbons (Fsp3) is 0.612. The Labute approximate surface area is 747 Å². The zero-order valence-electron chi connectivity index (χ0n) is 72.6. The highest BCUT2D eigenvalue weighted by atomic mass is 35.5. The molecule has 2 saturated carbocycles. The van der Waals surface area contributed by atoms with Crippen LogP contribution in [0.3, 0.4) is 0 Å². The number of hydrogen-bond donors (Lipinski definition) is 4. The summed E-state index contributed by atoms with van der Waals surface area (Å²) in [6.45, 7) is 31.1. The molecule has 2 aliphatic carbocycles. The first-order valence-corrected chi connectivity index (χ1v) is 44.1. The molecule has 8 aliphatic heterocycles. The van der Waals surface area contributed by atoms with E-state index in [9.17, 15) is 48.6 Å². The topological polar surface area (TPSA) is 427 Å². The zero-order valence-corrected chi connectivity index (χ0v) is 77.2. The molecule has 5 aromatic rings. The number of aliphatic hydroxyl groups is 2. The molecule has 0 aromatic carbocycles. The van der Waals surface area contributed by atoms with Crippen LogP contribution in [-0.4, -0.2) is 196 Å². The largest absolute Gasteiger partial charge is 0.519 e. The average Bonchev–Trinajstić information content (AvgIpc) is 1.59. The van der Waals surface area contributed by atoms with Gasteiger partial charge in [0, 0.05) is 68.8 Å². The lowest BCUT2D eigenvalue weighted by Gasteiger charge is -2.38. The van der Waals surface area contributed by atoms with Gasteiger partial charge in [-0.1, -0.05) is 102 Å². The molecule has 4 saturated heterocycles. The molecule has 0 bridgehead atoms. The van der Waals surface area contributed by atoms with E-state index in [1.807, 2.05) is 80.5 Å². The van der Waals surface area contributed by atoms with E-state index in [1.165, 1.54) is 31.2 Å². The van der Waals surface area contributed by atoms with Crippen LogP contribution in [0.1, 0.15) is 272 Å². The summed E-state index contributed by atoms with van der Waals surface area (Å²) in [5, 5.41) is 22.4. The van der Waals surface area contributed by atoms with Gasteiger partial charge in [0.25, 0.3) is 0 Å². The molecule has 10 aliphatic rings. The summed E-state index contributed by atoms with van der Waals surface area (Å²) in [4.78, 5) is 119. The summed E-state index contributed by atoms with van der Waals surface area (Å²) < 4.78 is 89.2. The highest BCUT2D eigenvalue weighted by molar-refractivity contribution is 7.79. The SMILES string of the molecule is CC(C)(C)OC(=O)N1CCC(O)(c2nc(Cl)ccc2CO)CC1.CC(C)(C)OC(=O)N1CCC2(CC1)OC(=O)c1ccc(Cl)nc12.CC(C)(C)OC(=O)N1CCC2(CC1)OCc1ccc(Cl)nc12.CC(C)(C)OC(=O)OC(=O)OC(C)(C)C.Clc1ccc2c(n1)C1(CCCCC1)OC2.O=C1COC1.O=C1OC2(CCCCC2)c2nc(Cl)ccc21.O=S(=O)(O)O. The third-order valence-corrected chi connectivity index (χ3v) is 21.5. The van der Waals surface area contributed by atoms with Gasteiger partial charge in [0.15, 0.2) is 17.0 Å². The minimum atomic E-state index is -4.67. The fourth-order valence-corrected chi connectivity index (χ4v) is 15.6. The first-order chi connectivity index (χ1) is 57.5. The van der Waals surface area contributed by atoms with Crippen LogP contribution in [0.5, 0.6) is 0 Å². The summed E-state index contributed by atoms with van der Waals surface area (Å²) in [6.07, 6.45) is 11.0. The van der Waals surface area contributed by atoms with Crippen molar-refractivity contribution in [3.8, 4) is 0 Å². The normalized spacial score (nSPS) is 18.9. The van der Waals surface area contributed by atoms with E-state index in [2.05, 4.69) is 34.4 Å². The highest BCUT2D eigenvalue weighted by Crippen LogP contribution is 2.50. The number of carbonyl (C=O) groups excluding carboxylic acids is 8. The van der Waals surface area contributed by atoms with Gasteiger partial charge in [-0.25, -0.2) is 58.5 Å². The number of likely N-dealkylation sites (tertiary alicyclic amines) is 3. The Morgan fingerprint density at radius 1 is 0.403 bits per heavy atom. The van der Waals surface area contributed by atoms with Crippen LogP contribution in [0.15, 0.2) is 60.7 Å². The van der Waals surface area contributed by atoms with Crippen LogP contribution in [-0.2, 0) is 115 Å². The number of rotatable bonds is 2. The lowest BCUT2D eigenvalue weighted by molar-refractivity contribution is -0.140. The molecule has 13 heterocycles. The summed E-state index contributed by atoms with van der Waals surface area (Å²) in [7, 11) is -4.67. The van der Waals surface area contributed by atoms with Crippen molar-refractivity contribution in [3.63, 3.8) is 0 Å². The van der Waals surface area contributed by atoms with E-state index in [0.29, 0.717) is 153 Å². The lowest BCUT2D eigenvalue weighted by atomic mass is 9.82. The van der Waals surface area contributed by atoms with Crippen molar-refractivity contribution in [1.82, 2.24) is 39.6 Å². The van der Waals surface area contributed by atoms with E-state index in [-0.39, 0.29) is 53.4 Å². The van der Waals surface area contributed by atoms with Gasteiger partial charge in [-0.05, 0) is 211 Å². The van der Waals surface area contributed by atoms with E-state index >= 15 is 0 Å². The number of halogens is 5. The number of ketones is 1. The van der Waals surface area contributed by atoms with Gasteiger partial charge in [0.1, 0.15) is 95.2 Å². The number of amides is 3. The number of hydrogen-bond acceptors (Lipinski definition) is 28. The molecule has 6 fully saturated rings. The molecule has 3 amide bonds. The maximum Gasteiger partial charge on any atom is 0.519 e. The number of piperidine rings is 3. The fourth-order valence-electron chi connectivity index (χ4n) is 14.8. The van der Waals surface area contributed by atoms with E-state index in [1.54, 1.807) is 98.7 Å². The van der Waals surface area contributed by atoms with Crippen LogP contribution in [0, 0.1) is 0 Å².